The van der Waals surface area contributed by atoms with Gasteiger partial charge in [-0.05, 0) is 28.9 Å². The largest absolute Gasteiger partial charge is 0.452 e. The van der Waals surface area contributed by atoms with Crippen LogP contribution in [0, 0.1) is 6.92 Å². The summed E-state index contributed by atoms with van der Waals surface area (Å²) in [4.78, 5) is 19.4. The van der Waals surface area contributed by atoms with Gasteiger partial charge in [-0.15, -0.1) is 0 Å². The van der Waals surface area contributed by atoms with Crippen molar-refractivity contribution in [3.8, 4) is 0 Å². The molecule has 17 heavy (non-hydrogen) atoms. The minimum atomic E-state index is -0.491. The summed E-state index contributed by atoms with van der Waals surface area (Å²) >= 11 is 3.22. The standard InChI is InChI=1S/C10H8BrN3O3/c1-6-13-9(17-14-6)5-16-10(15)7-2-8(11)4-12-3-7/h2-4H,5H2,1H3. The molecule has 0 radical (unpaired) electrons. The number of carbonyl (C=O) groups excluding carboxylic acids is 1. The van der Waals surface area contributed by atoms with Crippen LogP contribution in [0.3, 0.4) is 0 Å². The molecular weight excluding hydrogens is 290 g/mol. The summed E-state index contributed by atoms with van der Waals surface area (Å²) < 4.78 is 10.5. The van der Waals surface area contributed by atoms with Crippen LogP contribution in [0.5, 0.6) is 0 Å². The second kappa shape index (κ2) is 5.05. The second-order valence-electron chi connectivity index (χ2n) is 3.20. The van der Waals surface area contributed by atoms with Crippen LogP contribution in [0.15, 0.2) is 27.5 Å². The molecule has 0 unspecified atom stereocenters. The Kier molecular flexibility index (Phi) is 3.48. The molecule has 0 spiro atoms. The van der Waals surface area contributed by atoms with Gasteiger partial charge in [0.2, 0.25) is 0 Å². The average molecular weight is 298 g/mol. The van der Waals surface area contributed by atoms with E-state index in [1.807, 2.05) is 0 Å². The predicted octanol–water partition coefficient (Wildman–Crippen LogP) is 1.89. The average Bonchev–Trinajstić information content (AvgIpc) is 2.72. The third kappa shape index (κ3) is 3.10. The quantitative estimate of drug-likeness (QED) is 0.805. The Bertz CT molecular complexity index is 541. The van der Waals surface area contributed by atoms with Crippen LogP contribution in [0.4, 0.5) is 0 Å². The Morgan fingerprint density at radius 2 is 2.35 bits per heavy atom. The van der Waals surface area contributed by atoms with E-state index < -0.39 is 5.97 Å². The molecule has 0 saturated carbocycles. The van der Waals surface area contributed by atoms with Gasteiger partial charge in [-0.3, -0.25) is 4.98 Å². The van der Waals surface area contributed by atoms with Crippen molar-refractivity contribution in [1.29, 1.82) is 0 Å². The summed E-state index contributed by atoms with van der Waals surface area (Å²) in [5.41, 5.74) is 0.357. The van der Waals surface area contributed by atoms with E-state index in [1.165, 1.54) is 6.20 Å². The van der Waals surface area contributed by atoms with Gasteiger partial charge in [0.25, 0.3) is 5.89 Å². The number of halogens is 1. The molecule has 0 aliphatic carbocycles. The first-order valence-corrected chi connectivity index (χ1v) is 5.51. The highest BCUT2D eigenvalue weighted by Crippen LogP contribution is 2.11. The zero-order chi connectivity index (χ0) is 12.3. The van der Waals surface area contributed by atoms with Crippen molar-refractivity contribution >= 4 is 21.9 Å². The van der Waals surface area contributed by atoms with Crippen LogP contribution in [-0.2, 0) is 11.3 Å². The summed E-state index contributed by atoms with van der Waals surface area (Å²) in [7, 11) is 0. The van der Waals surface area contributed by atoms with Crippen molar-refractivity contribution < 1.29 is 14.1 Å². The molecule has 0 amide bonds. The molecule has 0 fully saturated rings. The van der Waals surface area contributed by atoms with Crippen molar-refractivity contribution in [2.24, 2.45) is 0 Å². The van der Waals surface area contributed by atoms with E-state index in [0.717, 1.165) is 0 Å². The lowest BCUT2D eigenvalue weighted by Gasteiger charge is -2.01. The normalized spacial score (nSPS) is 10.2. The molecule has 0 aliphatic rings. The van der Waals surface area contributed by atoms with E-state index in [1.54, 1.807) is 19.2 Å². The molecule has 2 aromatic heterocycles. The molecule has 2 rings (SSSR count). The lowest BCUT2D eigenvalue weighted by molar-refractivity contribution is 0.0429. The van der Waals surface area contributed by atoms with Gasteiger partial charge in [-0.25, -0.2) is 4.79 Å². The maximum atomic E-state index is 11.6. The molecular formula is C10H8BrN3O3. The number of aryl methyl sites for hydroxylation is 1. The van der Waals surface area contributed by atoms with E-state index in [2.05, 4.69) is 31.1 Å². The molecule has 0 saturated heterocycles. The zero-order valence-corrected chi connectivity index (χ0v) is 10.5. The summed E-state index contributed by atoms with van der Waals surface area (Å²) in [5.74, 6) is 0.272. The Hall–Kier alpha value is -1.76. The van der Waals surface area contributed by atoms with E-state index in [0.29, 0.717) is 15.9 Å². The molecule has 0 aliphatic heterocycles. The highest BCUT2D eigenvalue weighted by molar-refractivity contribution is 9.10. The molecule has 7 heteroatoms. The van der Waals surface area contributed by atoms with E-state index in [4.69, 9.17) is 9.26 Å². The SMILES string of the molecule is Cc1noc(COC(=O)c2cncc(Br)c2)n1. The van der Waals surface area contributed by atoms with Gasteiger partial charge < -0.3 is 9.26 Å². The molecule has 2 heterocycles. The Morgan fingerprint density at radius 3 is 3.00 bits per heavy atom. The molecule has 6 nitrogen and oxygen atoms in total. The number of aromatic nitrogens is 3. The number of rotatable bonds is 3. The fourth-order valence-electron chi connectivity index (χ4n) is 1.13. The topological polar surface area (TPSA) is 78.1 Å². The van der Waals surface area contributed by atoms with Gasteiger partial charge in [-0.1, -0.05) is 5.16 Å². The first-order valence-electron chi connectivity index (χ1n) is 4.72. The summed E-state index contributed by atoms with van der Waals surface area (Å²) in [6.07, 6.45) is 3.00. The lowest BCUT2D eigenvalue weighted by Crippen LogP contribution is -2.05. The molecule has 0 N–H and O–H groups in total. The Balaban J connectivity index is 1.98. The van der Waals surface area contributed by atoms with Gasteiger partial charge in [0.1, 0.15) is 0 Å². The first kappa shape index (κ1) is 11.7. The van der Waals surface area contributed by atoms with Gasteiger partial charge in [0.05, 0.1) is 5.56 Å². The Labute approximate surface area is 105 Å². The first-order chi connectivity index (χ1) is 8.15. The zero-order valence-electron chi connectivity index (χ0n) is 8.88. The van der Waals surface area contributed by atoms with Crippen molar-refractivity contribution in [2.75, 3.05) is 0 Å². The van der Waals surface area contributed by atoms with Crippen LogP contribution in [0.2, 0.25) is 0 Å². The second-order valence-corrected chi connectivity index (χ2v) is 4.12. The maximum absolute atomic E-state index is 11.6. The van der Waals surface area contributed by atoms with Gasteiger partial charge in [0, 0.05) is 16.9 Å². The van der Waals surface area contributed by atoms with Crippen LogP contribution in [0.25, 0.3) is 0 Å². The smallest absolute Gasteiger partial charge is 0.340 e. The van der Waals surface area contributed by atoms with Crippen molar-refractivity contribution in [2.45, 2.75) is 13.5 Å². The number of nitrogens with zero attached hydrogens (tertiary/aromatic N) is 3. The number of hydrogen-bond donors (Lipinski definition) is 0. The van der Waals surface area contributed by atoms with Crippen molar-refractivity contribution in [1.82, 2.24) is 15.1 Å². The molecule has 0 atom stereocenters. The molecule has 0 aromatic carbocycles. The monoisotopic (exact) mass is 297 g/mol. The summed E-state index contributed by atoms with van der Waals surface area (Å²) in [6, 6.07) is 1.62. The minimum Gasteiger partial charge on any atom is -0.452 e. The number of pyridine rings is 1. The Morgan fingerprint density at radius 1 is 1.53 bits per heavy atom. The molecule has 0 bridgehead atoms. The van der Waals surface area contributed by atoms with Crippen LogP contribution < -0.4 is 0 Å². The fraction of sp³-hybridized carbons (Fsp3) is 0.200. The van der Waals surface area contributed by atoms with Crippen LogP contribution in [-0.4, -0.2) is 21.1 Å². The number of hydrogen-bond acceptors (Lipinski definition) is 6. The summed E-state index contributed by atoms with van der Waals surface area (Å²) in [6.45, 7) is 1.64. The third-order valence-electron chi connectivity index (χ3n) is 1.84. The third-order valence-corrected chi connectivity index (χ3v) is 2.27. The summed E-state index contributed by atoms with van der Waals surface area (Å²) in [5, 5.41) is 3.58. The molecule has 2 aromatic rings. The fourth-order valence-corrected chi connectivity index (χ4v) is 1.50. The number of esters is 1. The highest BCUT2D eigenvalue weighted by atomic mass is 79.9. The molecule has 88 valence electrons. The highest BCUT2D eigenvalue weighted by Gasteiger charge is 2.10. The lowest BCUT2D eigenvalue weighted by atomic mass is 10.3. The predicted molar refractivity (Wildman–Crippen MR) is 60.1 cm³/mol. The van der Waals surface area contributed by atoms with Crippen molar-refractivity contribution in [3.05, 3.63) is 40.2 Å². The van der Waals surface area contributed by atoms with E-state index >= 15 is 0 Å². The minimum absolute atomic E-state index is 0.0494. The number of carbonyl (C=O) groups is 1. The van der Waals surface area contributed by atoms with Crippen LogP contribution in [0.1, 0.15) is 22.1 Å². The van der Waals surface area contributed by atoms with Gasteiger partial charge in [-0.2, -0.15) is 4.98 Å². The van der Waals surface area contributed by atoms with E-state index in [-0.39, 0.29) is 12.5 Å². The van der Waals surface area contributed by atoms with Gasteiger partial charge in [0.15, 0.2) is 12.4 Å². The van der Waals surface area contributed by atoms with E-state index in [9.17, 15) is 4.79 Å². The maximum Gasteiger partial charge on any atom is 0.340 e. The van der Waals surface area contributed by atoms with Crippen molar-refractivity contribution in [3.63, 3.8) is 0 Å². The number of ether oxygens (including phenoxy) is 1. The van der Waals surface area contributed by atoms with Gasteiger partial charge >= 0.3 is 5.97 Å². The van der Waals surface area contributed by atoms with Crippen LogP contribution >= 0.6 is 15.9 Å².